The molecule has 154 valence electrons. The van der Waals surface area contributed by atoms with Gasteiger partial charge in [0.1, 0.15) is 0 Å². The molecule has 5 rings (SSSR count). The molecule has 2 aromatic carbocycles. The van der Waals surface area contributed by atoms with Crippen LogP contribution in [0.3, 0.4) is 0 Å². The lowest BCUT2D eigenvalue weighted by atomic mass is 9.96. The molecule has 9 heteroatoms. The highest BCUT2D eigenvalue weighted by Gasteiger charge is 2.28. The summed E-state index contributed by atoms with van der Waals surface area (Å²) in [6.45, 7) is 1.12. The van der Waals surface area contributed by atoms with Crippen LogP contribution in [0, 0.1) is 11.6 Å². The Balaban J connectivity index is 1.25. The van der Waals surface area contributed by atoms with Crippen molar-refractivity contribution in [3.05, 3.63) is 59.5 Å². The van der Waals surface area contributed by atoms with Crippen molar-refractivity contribution in [1.82, 2.24) is 15.0 Å². The van der Waals surface area contributed by atoms with Crippen molar-refractivity contribution in [1.29, 1.82) is 0 Å². The Hall–Kier alpha value is -3.49. The Kier molecular flexibility index (Phi) is 4.57. The van der Waals surface area contributed by atoms with Crippen molar-refractivity contribution < 1.29 is 27.6 Å². The Morgan fingerprint density at radius 1 is 1.00 bits per heavy atom. The van der Waals surface area contributed by atoms with Gasteiger partial charge in [0, 0.05) is 30.1 Å². The molecular weight excluding hydrogens is 396 g/mol. The second-order valence-electron chi connectivity index (χ2n) is 7.22. The van der Waals surface area contributed by atoms with Crippen LogP contribution in [0.4, 0.5) is 8.78 Å². The molecule has 0 atom stereocenters. The van der Waals surface area contributed by atoms with Crippen LogP contribution in [0.15, 0.2) is 40.9 Å². The number of ether oxygens (including phenoxy) is 2. The molecule has 30 heavy (non-hydrogen) atoms. The molecule has 2 aliphatic rings. The number of hydrogen-bond donors (Lipinski definition) is 0. The Morgan fingerprint density at radius 2 is 1.80 bits per heavy atom. The van der Waals surface area contributed by atoms with Gasteiger partial charge in [-0.25, -0.2) is 8.78 Å². The summed E-state index contributed by atoms with van der Waals surface area (Å²) in [5.74, 6) is 0.000352. The van der Waals surface area contributed by atoms with E-state index in [9.17, 15) is 13.6 Å². The fraction of sp³-hybridized carbons (Fsp3) is 0.286. The maximum atomic E-state index is 13.4. The van der Waals surface area contributed by atoms with Crippen LogP contribution in [-0.4, -0.2) is 40.8 Å². The van der Waals surface area contributed by atoms with E-state index < -0.39 is 11.6 Å². The van der Waals surface area contributed by atoms with Gasteiger partial charge >= 0.3 is 0 Å². The number of nitrogens with zero attached hydrogens (tertiary/aromatic N) is 3. The molecule has 1 saturated heterocycles. The van der Waals surface area contributed by atoms with Gasteiger partial charge in [0.05, 0.1) is 0 Å². The van der Waals surface area contributed by atoms with Gasteiger partial charge in [-0.05, 0) is 49.2 Å². The molecule has 1 amide bonds. The van der Waals surface area contributed by atoms with E-state index in [2.05, 4.69) is 10.1 Å². The summed E-state index contributed by atoms with van der Waals surface area (Å²) >= 11 is 0. The summed E-state index contributed by atoms with van der Waals surface area (Å²) < 4.78 is 42.7. The van der Waals surface area contributed by atoms with E-state index in [4.69, 9.17) is 14.0 Å². The highest BCUT2D eigenvalue weighted by atomic mass is 19.2. The Labute approximate surface area is 170 Å². The Bertz CT molecular complexity index is 1110. The van der Waals surface area contributed by atoms with Crippen molar-refractivity contribution in [3.63, 3.8) is 0 Å². The molecule has 0 N–H and O–H groups in total. The third kappa shape index (κ3) is 3.36. The topological polar surface area (TPSA) is 77.7 Å². The first-order chi connectivity index (χ1) is 14.6. The zero-order chi connectivity index (χ0) is 20.7. The minimum absolute atomic E-state index is 0.0225. The van der Waals surface area contributed by atoms with Gasteiger partial charge in [-0.2, -0.15) is 4.98 Å². The number of piperidine rings is 1. The molecule has 1 aromatic heterocycles. The van der Waals surface area contributed by atoms with Crippen LogP contribution in [0.5, 0.6) is 11.5 Å². The molecule has 0 saturated carbocycles. The van der Waals surface area contributed by atoms with Gasteiger partial charge in [0.25, 0.3) is 5.91 Å². The van der Waals surface area contributed by atoms with Crippen molar-refractivity contribution >= 4 is 5.91 Å². The van der Waals surface area contributed by atoms with Crippen molar-refractivity contribution in [2.75, 3.05) is 19.9 Å². The van der Waals surface area contributed by atoms with E-state index in [1.54, 1.807) is 17.0 Å². The van der Waals surface area contributed by atoms with E-state index in [1.165, 1.54) is 6.07 Å². The first-order valence-corrected chi connectivity index (χ1v) is 9.56. The second kappa shape index (κ2) is 7.40. The number of carbonyl (C=O) groups excluding carboxylic acids is 1. The van der Waals surface area contributed by atoms with Crippen LogP contribution in [-0.2, 0) is 0 Å². The van der Waals surface area contributed by atoms with Crippen LogP contribution in [0.1, 0.15) is 35.0 Å². The number of aromatic nitrogens is 2. The molecule has 7 nitrogen and oxygen atoms in total. The number of carbonyl (C=O) groups is 1. The second-order valence-corrected chi connectivity index (χ2v) is 7.22. The summed E-state index contributed by atoms with van der Waals surface area (Å²) in [5, 5.41) is 4.07. The summed E-state index contributed by atoms with van der Waals surface area (Å²) in [6.07, 6.45) is 1.27. The lowest BCUT2D eigenvalue weighted by Gasteiger charge is -2.30. The SMILES string of the molecule is O=C(c1ccc(F)c(F)c1)N1CCC(c2nc(-c3ccc4c(c3)OCO4)no2)CC1. The minimum Gasteiger partial charge on any atom is -0.454 e. The Morgan fingerprint density at radius 3 is 2.60 bits per heavy atom. The molecule has 3 heterocycles. The molecule has 3 aromatic rings. The summed E-state index contributed by atoms with van der Waals surface area (Å²) in [7, 11) is 0. The highest BCUT2D eigenvalue weighted by molar-refractivity contribution is 5.94. The largest absolute Gasteiger partial charge is 0.454 e. The molecule has 1 fully saturated rings. The maximum absolute atomic E-state index is 13.4. The zero-order valence-corrected chi connectivity index (χ0v) is 15.8. The maximum Gasteiger partial charge on any atom is 0.253 e. The molecule has 0 radical (unpaired) electrons. The van der Waals surface area contributed by atoms with Gasteiger partial charge in [-0.1, -0.05) is 5.16 Å². The van der Waals surface area contributed by atoms with Gasteiger partial charge < -0.3 is 18.9 Å². The van der Waals surface area contributed by atoms with Gasteiger partial charge in [-0.3, -0.25) is 4.79 Å². The standard InChI is InChI=1S/C21H17F2N3O4/c22-15-3-1-14(9-16(15)23)21(27)26-7-5-12(6-8-26)20-24-19(25-30-20)13-2-4-17-18(10-13)29-11-28-17/h1-4,9-10,12H,5-8,11H2. The van der Waals surface area contributed by atoms with Crippen LogP contribution >= 0.6 is 0 Å². The number of rotatable bonds is 3. The molecule has 2 aliphatic heterocycles. The molecular formula is C21H17F2N3O4. The number of fused-ring (bicyclic) bond motifs is 1. The monoisotopic (exact) mass is 413 g/mol. The summed E-state index contributed by atoms with van der Waals surface area (Å²) in [6, 6.07) is 8.63. The van der Waals surface area contributed by atoms with Gasteiger partial charge in [-0.15, -0.1) is 0 Å². The van der Waals surface area contributed by atoms with Crippen LogP contribution in [0.25, 0.3) is 11.4 Å². The molecule has 0 unspecified atom stereocenters. The quantitative estimate of drug-likeness (QED) is 0.651. The van der Waals surface area contributed by atoms with Crippen molar-refractivity contribution in [2.24, 2.45) is 0 Å². The number of benzene rings is 2. The van der Waals surface area contributed by atoms with Crippen molar-refractivity contribution in [3.8, 4) is 22.9 Å². The summed E-state index contributed by atoms with van der Waals surface area (Å²) in [5.41, 5.74) is 0.899. The van der Waals surface area contributed by atoms with Gasteiger partial charge in [0.2, 0.25) is 18.5 Å². The summed E-state index contributed by atoms with van der Waals surface area (Å²) in [4.78, 5) is 18.7. The van der Waals surface area contributed by atoms with E-state index in [0.717, 1.165) is 17.7 Å². The van der Waals surface area contributed by atoms with Gasteiger partial charge in [0.15, 0.2) is 23.1 Å². The predicted octanol–water partition coefficient (Wildman–Crippen LogP) is 3.76. The average molecular weight is 413 g/mol. The molecule has 0 spiro atoms. The fourth-order valence-electron chi connectivity index (χ4n) is 3.70. The van der Waals surface area contributed by atoms with E-state index in [1.807, 2.05) is 6.07 Å². The first kappa shape index (κ1) is 18.5. The predicted molar refractivity (Wildman–Crippen MR) is 100 cm³/mol. The molecule has 0 bridgehead atoms. The smallest absolute Gasteiger partial charge is 0.253 e. The van der Waals surface area contributed by atoms with E-state index in [-0.39, 0.29) is 24.2 Å². The lowest BCUT2D eigenvalue weighted by molar-refractivity contribution is 0.0704. The third-order valence-corrected chi connectivity index (χ3v) is 5.37. The first-order valence-electron chi connectivity index (χ1n) is 9.56. The van der Waals surface area contributed by atoms with E-state index >= 15 is 0 Å². The van der Waals surface area contributed by atoms with Crippen LogP contribution in [0.2, 0.25) is 0 Å². The normalized spacial score (nSPS) is 16.1. The lowest BCUT2D eigenvalue weighted by Crippen LogP contribution is -2.38. The average Bonchev–Trinajstić information content (AvgIpc) is 3.44. The number of hydrogen-bond acceptors (Lipinski definition) is 6. The fourth-order valence-corrected chi connectivity index (χ4v) is 3.70. The minimum atomic E-state index is -1.03. The molecule has 0 aliphatic carbocycles. The van der Waals surface area contributed by atoms with Crippen LogP contribution < -0.4 is 9.47 Å². The van der Waals surface area contributed by atoms with E-state index in [0.29, 0.717) is 49.1 Å². The number of amides is 1. The highest BCUT2D eigenvalue weighted by Crippen LogP contribution is 2.36. The number of likely N-dealkylation sites (tertiary alicyclic amines) is 1. The van der Waals surface area contributed by atoms with Crippen molar-refractivity contribution in [2.45, 2.75) is 18.8 Å². The third-order valence-electron chi connectivity index (χ3n) is 5.37. The zero-order valence-electron chi connectivity index (χ0n) is 15.8. The number of halogens is 2.